The van der Waals surface area contributed by atoms with Gasteiger partial charge in [0.25, 0.3) is 11.0 Å². The Morgan fingerprint density at radius 1 is 1.06 bits per heavy atom. The van der Waals surface area contributed by atoms with Crippen molar-refractivity contribution in [1.82, 2.24) is 0 Å². The van der Waals surface area contributed by atoms with Gasteiger partial charge in [-0.05, 0) is 73.9 Å². The van der Waals surface area contributed by atoms with E-state index in [1.807, 2.05) is 77.7 Å². The molecule has 0 saturated carbocycles. The van der Waals surface area contributed by atoms with Crippen molar-refractivity contribution in [3.05, 3.63) is 105 Å². The molecule has 0 fully saturated rings. The number of nitrogens with zero attached hydrogens (tertiary/aromatic N) is 3. The zero-order valence-corrected chi connectivity index (χ0v) is 20.9. The van der Waals surface area contributed by atoms with E-state index in [0.717, 1.165) is 16.8 Å². The SMILES string of the molecule is CC1(c2ccc(Cl)cc2)CC(C)(C)N(C(=O)c2ccccc2)c2ccc(N=C(N)N)cc21.O=[N+]([O-])O. The molecule has 1 aliphatic rings. The number of hydrogen-bond donors (Lipinski definition) is 3. The number of anilines is 1. The summed E-state index contributed by atoms with van der Waals surface area (Å²) >= 11 is 6.17. The van der Waals surface area contributed by atoms with Gasteiger partial charge >= 0.3 is 0 Å². The van der Waals surface area contributed by atoms with Crippen molar-refractivity contribution in [1.29, 1.82) is 0 Å². The van der Waals surface area contributed by atoms with Gasteiger partial charge in [0.2, 0.25) is 0 Å². The fraction of sp³-hybridized carbons (Fsp3) is 0.231. The van der Waals surface area contributed by atoms with E-state index < -0.39 is 10.6 Å². The minimum absolute atomic E-state index is 0.00787. The predicted molar refractivity (Wildman–Crippen MR) is 141 cm³/mol. The number of guanidine groups is 1. The van der Waals surface area contributed by atoms with Crippen LogP contribution < -0.4 is 16.4 Å². The van der Waals surface area contributed by atoms with Crippen LogP contribution in [0, 0.1) is 10.1 Å². The molecule has 1 unspecified atom stereocenters. The number of carbonyl (C=O) groups excluding carboxylic acids is 1. The molecule has 0 bridgehead atoms. The summed E-state index contributed by atoms with van der Waals surface area (Å²) in [6.07, 6.45) is 0.707. The van der Waals surface area contributed by atoms with Gasteiger partial charge in [-0.3, -0.25) is 4.79 Å². The highest BCUT2D eigenvalue weighted by molar-refractivity contribution is 6.30. The lowest BCUT2D eigenvalue weighted by atomic mass is 9.65. The highest BCUT2D eigenvalue weighted by atomic mass is 35.5. The Morgan fingerprint density at radius 3 is 2.19 bits per heavy atom. The van der Waals surface area contributed by atoms with Crippen LogP contribution in [0.25, 0.3) is 0 Å². The van der Waals surface area contributed by atoms with E-state index in [9.17, 15) is 4.79 Å². The minimum atomic E-state index is -1.50. The normalized spacial score (nSPS) is 17.7. The van der Waals surface area contributed by atoms with Gasteiger partial charge in [-0.15, -0.1) is 10.1 Å². The first kappa shape index (κ1) is 26.5. The number of aliphatic imine (C=N–C) groups is 1. The van der Waals surface area contributed by atoms with Crippen molar-refractivity contribution in [2.24, 2.45) is 16.5 Å². The number of carbonyl (C=O) groups is 1. The van der Waals surface area contributed by atoms with Gasteiger partial charge in [0.1, 0.15) is 0 Å². The monoisotopic (exact) mass is 509 g/mol. The molecule has 3 aromatic rings. The van der Waals surface area contributed by atoms with E-state index >= 15 is 0 Å². The third-order valence-corrected chi connectivity index (χ3v) is 6.42. The number of nitrogens with two attached hydrogens (primary N) is 2. The summed E-state index contributed by atoms with van der Waals surface area (Å²) in [7, 11) is 0. The van der Waals surface area contributed by atoms with Crippen molar-refractivity contribution in [3.8, 4) is 0 Å². The summed E-state index contributed by atoms with van der Waals surface area (Å²) in [5.74, 6) is -0.0453. The summed E-state index contributed by atoms with van der Waals surface area (Å²) < 4.78 is 0. The minimum Gasteiger partial charge on any atom is -0.370 e. The Hall–Kier alpha value is -4.11. The molecule has 1 aliphatic heterocycles. The Kier molecular flexibility index (Phi) is 7.54. The molecule has 0 spiro atoms. The molecule has 3 aromatic carbocycles. The second kappa shape index (κ2) is 10.2. The van der Waals surface area contributed by atoms with Gasteiger partial charge in [0.05, 0.1) is 5.69 Å². The second-order valence-electron chi connectivity index (χ2n) is 9.31. The van der Waals surface area contributed by atoms with E-state index in [2.05, 4.69) is 25.8 Å². The lowest BCUT2D eigenvalue weighted by Gasteiger charge is -2.51. The number of rotatable bonds is 3. The van der Waals surface area contributed by atoms with E-state index in [1.54, 1.807) is 0 Å². The Labute approximate surface area is 214 Å². The summed E-state index contributed by atoms with van der Waals surface area (Å²) in [5, 5.41) is 14.3. The molecule has 4 rings (SSSR count). The Morgan fingerprint density at radius 2 is 1.64 bits per heavy atom. The van der Waals surface area contributed by atoms with Crippen molar-refractivity contribution in [2.45, 2.75) is 38.1 Å². The molecular weight excluding hydrogens is 482 g/mol. The van der Waals surface area contributed by atoms with Gasteiger partial charge in [0.15, 0.2) is 5.96 Å². The third-order valence-electron chi connectivity index (χ3n) is 6.17. The van der Waals surface area contributed by atoms with Gasteiger partial charge in [-0.1, -0.05) is 48.9 Å². The molecule has 0 radical (unpaired) electrons. The maximum Gasteiger partial charge on any atom is 0.291 e. The molecule has 1 atom stereocenters. The van der Waals surface area contributed by atoms with Crippen LogP contribution in [0.15, 0.2) is 77.8 Å². The molecule has 36 heavy (non-hydrogen) atoms. The second-order valence-corrected chi connectivity index (χ2v) is 9.75. The predicted octanol–water partition coefficient (Wildman–Crippen LogP) is 5.03. The molecule has 188 valence electrons. The van der Waals surface area contributed by atoms with E-state index in [4.69, 9.17) is 38.4 Å². The molecule has 9 nitrogen and oxygen atoms in total. The van der Waals surface area contributed by atoms with Crippen molar-refractivity contribution in [3.63, 3.8) is 0 Å². The Bertz CT molecular complexity index is 1290. The zero-order chi connectivity index (χ0) is 26.7. The van der Waals surface area contributed by atoms with E-state index in [-0.39, 0.29) is 17.3 Å². The topological polar surface area (TPSA) is 148 Å². The van der Waals surface area contributed by atoms with Crippen molar-refractivity contribution < 1.29 is 15.1 Å². The van der Waals surface area contributed by atoms with Crippen LogP contribution in [0.1, 0.15) is 48.7 Å². The smallest absolute Gasteiger partial charge is 0.291 e. The number of benzene rings is 3. The highest BCUT2D eigenvalue weighted by Gasteiger charge is 2.48. The number of fused-ring (bicyclic) bond motifs is 1. The molecule has 10 heteroatoms. The van der Waals surface area contributed by atoms with Crippen LogP contribution in [0.3, 0.4) is 0 Å². The van der Waals surface area contributed by atoms with Crippen LogP contribution in [0.4, 0.5) is 11.4 Å². The number of halogens is 1. The number of amides is 1. The Balaban J connectivity index is 0.000000840. The molecule has 5 N–H and O–H groups in total. The van der Waals surface area contributed by atoms with Crippen LogP contribution >= 0.6 is 11.6 Å². The quantitative estimate of drug-likeness (QED) is 0.195. The molecule has 1 heterocycles. The molecule has 1 amide bonds. The lowest BCUT2D eigenvalue weighted by Crippen LogP contribution is -2.55. The van der Waals surface area contributed by atoms with Crippen LogP contribution in [-0.4, -0.2) is 27.7 Å². The van der Waals surface area contributed by atoms with Gasteiger partial charge in [-0.25, -0.2) is 4.99 Å². The maximum atomic E-state index is 13.7. The summed E-state index contributed by atoms with van der Waals surface area (Å²) in [5.41, 5.74) is 14.7. The standard InChI is InChI=1S/C26H27ClN4O.HNO3/c1-25(2)16-26(3,18-9-11-19(27)12-10-18)21-15-20(30-24(28)29)13-14-22(21)31(25)23(32)17-7-5-4-6-8-17;2-1(3)4/h4-15H,16H2,1-3H3,(H4,28,29,30);(H,2,3,4). The van der Waals surface area contributed by atoms with Crippen molar-refractivity contribution in [2.75, 3.05) is 4.90 Å². The van der Waals surface area contributed by atoms with Crippen LogP contribution in [0.5, 0.6) is 0 Å². The summed E-state index contributed by atoms with van der Waals surface area (Å²) in [6, 6.07) is 23.0. The fourth-order valence-electron chi connectivity index (χ4n) is 4.91. The third kappa shape index (κ3) is 5.58. The molecule has 0 saturated heterocycles. The van der Waals surface area contributed by atoms with E-state index in [0.29, 0.717) is 22.7 Å². The van der Waals surface area contributed by atoms with Crippen LogP contribution in [0.2, 0.25) is 5.02 Å². The fourth-order valence-corrected chi connectivity index (χ4v) is 5.04. The van der Waals surface area contributed by atoms with Crippen LogP contribution in [-0.2, 0) is 5.41 Å². The number of hydrogen-bond acceptors (Lipinski definition) is 4. The van der Waals surface area contributed by atoms with Gasteiger partial charge in [-0.2, -0.15) is 0 Å². The van der Waals surface area contributed by atoms with Gasteiger partial charge < -0.3 is 21.6 Å². The first-order valence-corrected chi connectivity index (χ1v) is 11.5. The average Bonchev–Trinajstić information content (AvgIpc) is 2.79. The van der Waals surface area contributed by atoms with Crippen molar-refractivity contribution >= 4 is 34.8 Å². The van der Waals surface area contributed by atoms with E-state index in [1.165, 1.54) is 0 Å². The lowest BCUT2D eigenvalue weighted by molar-refractivity contribution is -0.742. The molecule has 0 aliphatic carbocycles. The maximum absolute atomic E-state index is 13.7. The largest absolute Gasteiger partial charge is 0.370 e. The average molecular weight is 510 g/mol. The first-order chi connectivity index (χ1) is 16.8. The zero-order valence-electron chi connectivity index (χ0n) is 20.2. The molecule has 0 aromatic heterocycles. The van der Waals surface area contributed by atoms with Gasteiger partial charge in [0, 0.05) is 27.2 Å². The first-order valence-electron chi connectivity index (χ1n) is 11.1. The summed E-state index contributed by atoms with van der Waals surface area (Å²) in [6.45, 7) is 6.41. The molecular formula is C26H28ClN5O4. The highest BCUT2D eigenvalue weighted by Crippen LogP contribution is 2.51. The summed E-state index contributed by atoms with van der Waals surface area (Å²) in [4.78, 5) is 28.2.